The van der Waals surface area contributed by atoms with E-state index in [1.807, 2.05) is 19.1 Å². The summed E-state index contributed by atoms with van der Waals surface area (Å²) in [6.07, 6.45) is 11.1. The Bertz CT molecular complexity index is 709. The summed E-state index contributed by atoms with van der Waals surface area (Å²) >= 11 is 0. The molecular formula is C18H22N4O2. The van der Waals surface area contributed by atoms with E-state index in [2.05, 4.69) is 26.5 Å². The van der Waals surface area contributed by atoms with Gasteiger partial charge in [-0.1, -0.05) is 16.8 Å². The number of nitrogens with one attached hydrogen (secondary N) is 1. The lowest BCUT2D eigenvalue weighted by atomic mass is 9.94. The summed E-state index contributed by atoms with van der Waals surface area (Å²) in [7, 11) is 0. The van der Waals surface area contributed by atoms with E-state index in [9.17, 15) is 4.79 Å². The zero-order chi connectivity index (χ0) is 16.8. The summed E-state index contributed by atoms with van der Waals surface area (Å²) in [5.74, 6) is 1.01. The van der Waals surface area contributed by atoms with E-state index in [0.29, 0.717) is 24.6 Å². The van der Waals surface area contributed by atoms with Gasteiger partial charge in [-0.2, -0.15) is 4.98 Å². The van der Waals surface area contributed by atoms with Gasteiger partial charge in [0.1, 0.15) is 0 Å². The minimum atomic E-state index is 0.0117. The second-order valence-corrected chi connectivity index (χ2v) is 6.06. The first-order valence-electron chi connectivity index (χ1n) is 8.43. The Labute approximate surface area is 141 Å². The molecule has 1 amide bonds. The maximum Gasteiger partial charge on any atom is 0.227 e. The van der Waals surface area contributed by atoms with Gasteiger partial charge in [-0.3, -0.25) is 9.78 Å². The number of hydrogen-bond acceptors (Lipinski definition) is 5. The molecule has 3 rings (SSSR count). The molecule has 0 fully saturated rings. The third-order valence-corrected chi connectivity index (χ3v) is 4.23. The van der Waals surface area contributed by atoms with Gasteiger partial charge < -0.3 is 9.84 Å². The highest BCUT2D eigenvalue weighted by Crippen LogP contribution is 2.20. The molecule has 6 nitrogen and oxygen atoms in total. The fourth-order valence-electron chi connectivity index (χ4n) is 2.86. The third-order valence-electron chi connectivity index (χ3n) is 4.23. The molecule has 0 saturated carbocycles. The molecule has 0 aromatic carbocycles. The number of carbonyl (C=O) groups is 1. The van der Waals surface area contributed by atoms with Gasteiger partial charge in [0.05, 0.1) is 0 Å². The first-order chi connectivity index (χ1) is 11.7. The summed E-state index contributed by atoms with van der Waals surface area (Å²) in [4.78, 5) is 20.4. The van der Waals surface area contributed by atoms with Gasteiger partial charge in [0, 0.05) is 36.8 Å². The lowest BCUT2D eigenvalue weighted by Crippen LogP contribution is -2.34. The van der Waals surface area contributed by atoms with Crippen LogP contribution in [-0.4, -0.2) is 27.1 Å². The Hall–Kier alpha value is -2.50. The molecule has 2 aromatic rings. The summed E-state index contributed by atoms with van der Waals surface area (Å²) in [6, 6.07) is 3.75. The lowest BCUT2D eigenvalue weighted by Gasteiger charge is -2.20. The number of allylic oxidation sites excluding steroid dienone is 1. The van der Waals surface area contributed by atoms with Gasteiger partial charge in [-0.25, -0.2) is 0 Å². The molecule has 0 unspecified atom stereocenters. The van der Waals surface area contributed by atoms with Crippen molar-refractivity contribution in [3.8, 4) is 11.4 Å². The number of nitrogens with zero attached hydrogens (tertiary/aromatic N) is 3. The van der Waals surface area contributed by atoms with Crippen molar-refractivity contribution in [2.75, 3.05) is 0 Å². The standard InChI is InChI=1S/C18H22N4O2/c1-13(14-5-3-2-4-6-14)20-16(23)7-8-17-21-18(22-24-17)15-9-11-19-12-10-15/h5,9-13H,2-4,6-8H2,1H3,(H,20,23)/t13-/m1/s1. The molecule has 0 spiro atoms. The van der Waals surface area contributed by atoms with Crippen LogP contribution in [-0.2, 0) is 11.2 Å². The van der Waals surface area contributed by atoms with Crippen molar-refractivity contribution >= 4 is 5.91 Å². The number of pyridine rings is 1. The Morgan fingerprint density at radius 2 is 2.17 bits per heavy atom. The predicted octanol–water partition coefficient (Wildman–Crippen LogP) is 3.07. The van der Waals surface area contributed by atoms with Gasteiger partial charge in [-0.05, 0) is 44.7 Å². The van der Waals surface area contributed by atoms with Crippen molar-refractivity contribution < 1.29 is 9.32 Å². The molecule has 2 heterocycles. The number of amides is 1. The highest BCUT2D eigenvalue weighted by Gasteiger charge is 2.15. The van der Waals surface area contributed by atoms with E-state index in [0.717, 1.165) is 18.4 Å². The Morgan fingerprint density at radius 3 is 2.92 bits per heavy atom. The van der Waals surface area contributed by atoms with Crippen molar-refractivity contribution in [2.45, 2.75) is 51.5 Å². The number of aryl methyl sites for hydroxylation is 1. The van der Waals surface area contributed by atoms with Crippen molar-refractivity contribution in [2.24, 2.45) is 0 Å². The zero-order valence-electron chi connectivity index (χ0n) is 13.9. The molecular weight excluding hydrogens is 304 g/mol. The molecule has 0 radical (unpaired) electrons. The molecule has 0 aliphatic heterocycles. The highest BCUT2D eigenvalue weighted by atomic mass is 16.5. The van der Waals surface area contributed by atoms with E-state index in [1.54, 1.807) is 12.4 Å². The van der Waals surface area contributed by atoms with E-state index in [4.69, 9.17) is 4.52 Å². The highest BCUT2D eigenvalue weighted by molar-refractivity contribution is 5.76. The first-order valence-corrected chi connectivity index (χ1v) is 8.43. The second-order valence-electron chi connectivity index (χ2n) is 6.06. The normalized spacial score (nSPS) is 15.6. The van der Waals surface area contributed by atoms with Crippen LogP contribution in [0, 0.1) is 0 Å². The largest absolute Gasteiger partial charge is 0.350 e. The summed E-state index contributed by atoms with van der Waals surface area (Å²) in [6.45, 7) is 2.04. The van der Waals surface area contributed by atoms with E-state index in [-0.39, 0.29) is 11.9 Å². The molecule has 1 aliphatic rings. The minimum Gasteiger partial charge on any atom is -0.350 e. The van der Waals surface area contributed by atoms with Gasteiger partial charge in [0.2, 0.25) is 17.6 Å². The van der Waals surface area contributed by atoms with Crippen molar-refractivity contribution in [1.82, 2.24) is 20.4 Å². The third kappa shape index (κ3) is 4.28. The van der Waals surface area contributed by atoms with Gasteiger partial charge in [-0.15, -0.1) is 0 Å². The van der Waals surface area contributed by atoms with Crippen LogP contribution in [0.2, 0.25) is 0 Å². The monoisotopic (exact) mass is 326 g/mol. The topological polar surface area (TPSA) is 80.9 Å². The Morgan fingerprint density at radius 1 is 1.33 bits per heavy atom. The molecule has 2 aromatic heterocycles. The lowest BCUT2D eigenvalue weighted by molar-refractivity contribution is -0.121. The predicted molar refractivity (Wildman–Crippen MR) is 90.0 cm³/mol. The average Bonchev–Trinajstić information content (AvgIpc) is 3.10. The number of hydrogen-bond donors (Lipinski definition) is 1. The molecule has 126 valence electrons. The molecule has 1 aliphatic carbocycles. The maximum atomic E-state index is 12.1. The smallest absolute Gasteiger partial charge is 0.227 e. The van der Waals surface area contributed by atoms with Crippen molar-refractivity contribution in [1.29, 1.82) is 0 Å². The molecule has 24 heavy (non-hydrogen) atoms. The summed E-state index contributed by atoms with van der Waals surface area (Å²) in [5, 5.41) is 7.00. The fraction of sp³-hybridized carbons (Fsp3) is 0.444. The molecule has 6 heteroatoms. The van der Waals surface area contributed by atoms with Gasteiger partial charge >= 0.3 is 0 Å². The number of aromatic nitrogens is 3. The van der Waals surface area contributed by atoms with Crippen LogP contribution in [0.3, 0.4) is 0 Å². The van der Waals surface area contributed by atoms with Crippen LogP contribution in [0.5, 0.6) is 0 Å². The van der Waals surface area contributed by atoms with Crippen LogP contribution < -0.4 is 5.32 Å². The first kappa shape index (κ1) is 16.4. The quantitative estimate of drug-likeness (QED) is 0.825. The van der Waals surface area contributed by atoms with Gasteiger partial charge in [0.25, 0.3) is 0 Å². The second kappa shape index (κ2) is 7.86. The summed E-state index contributed by atoms with van der Waals surface area (Å²) in [5.41, 5.74) is 2.19. The SMILES string of the molecule is C[C@@H](NC(=O)CCc1nc(-c2ccncc2)no1)C1=CCCCC1. The summed E-state index contributed by atoms with van der Waals surface area (Å²) < 4.78 is 5.22. The Kier molecular flexibility index (Phi) is 5.36. The molecule has 0 saturated heterocycles. The van der Waals surface area contributed by atoms with Crippen LogP contribution in [0.1, 0.15) is 44.9 Å². The van der Waals surface area contributed by atoms with Gasteiger partial charge in [0.15, 0.2) is 0 Å². The Balaban J connectivity index is 1.50. The van der Waals surface area contributed by atoms with Crippen LogP contribution in [0.25, 0.3) is 11.4 Å². The maximum absolute atomic E-state index is 12.1. The van der Waals surface area contributed by atoms with Crippen LogP contribution in [0.4, 0.5) is 0 Å². The average molecular weight is 326 g/mol. The fourth-order valence-corrected chi connectivity index (χ4v) is 2.86. The van der Waals surface area contributed by atoms with E-state index < -0.39 is 0 Å². The zero-order valence-corrected chi connectivity index (χ0v) is 13.9. The molecule has 0 bridgehead atoms. The molecule has 1 atom stereocenters. The number of rotatable bonds is 6. The van der Waals surface area contributed by atoms with Crippen LogP contribution in [0.15, 0.2) is 40.7 Å². The number of carbonyl (C=O) groups excluding carboxylic acids is 1. The van der Waals surface area contributed by atoms with Crippen molar-refractivity contribution in [3.63, 3.8) is 0 Å². The van der Waals surface area contributed by atoms with Crippen molar-refractivity contribution in [3.05, 3.63) is 42.1 Å². The van der Waals surface area contributed by atoms with E-state index in [1.165, 1.54) is 18.4 Å². The minimum absolute atomic E-state index is 0.0117. The van der Waals surface area contributed by atoms with Crippen LogP contribution >= 0.6 is 0 Å². The molecule has 1 N–H and O–H groups in total. The van der Waals surface area contributed by atoms with E-state index >= 15 is 0 Å².